The predicted octanol–water partition coefficient (Wildman–Crippen LogP) is 4.13. The molecule has 1 saturated heterocycles. The Bertz CT molecular complexity index is 1330. The Morgan fingerprint density at radius 2 is 1.74 bits per heavy atom. The minimum absolute atomic E-state index is 0.0801. The summed E-state index contributed by atoms with van der Waals surface area (Å²) in [6, 6.07) is 16.9. The molecule has 0 bridgehead atoms. The molecule has 35 heavy (non-hydrogen) atoms. The Hall–Kier alpha value is -3.70. The van der Waals surface area contributed by atoms with Crippen molar-refractivity contribution in [3.63, 3.8) is 0 Å². The van der Waals surface area contributed by atoms with Gasteiger partial charge in [0.2, 0.25) is 5.16 Å². The average molecular weight is 491 g/mol. The highest BCUT2D eigenvalue weighted by Crippen LogP contribution is 2.25. The van der Waals surface area contributed by atoms with Crippen molar-refractivity contribution >= 4 is 40.4 Å². The Balaban J connectivity index is 1.30. The number of hydrogen-bond donors (Lipinski definition) is 1. The molecule has 5 rings (SSSR count). The first-order valence-corrected chi connectivity index (χ1v) is 12.3. The standard InChI is InChI=1S/C24H26N8O2S/c1-17-15-22(26-19-5-9-20(10-6-19)30-13-11-29(2)12-14-30)31-23(25-17)27-24(28-31)35-16-18-3-7-21(8-4-18)32(33)34/h3-10,15,26H,11-14,16H2,1-2H3. The van der Waals surface area contributed by atoms with Gasteiger partial charge in [0.25, 0.3) is 11.5 Å². The van der Waals surface area contributed by atoms with Gasteiger partial charge in [-0.25, -0.2) is 4.98 Å². The molecular weight excluding hydrogens is 464 g/mol. The van der Waals surface area contributed by atoms with Crippen molar-refractivity contribution in [1.82, 2.24) is 24.5 Å². The van der Waals surface area contributed by atoms with Crippen molar-refractivity contribution in [3.05, 3.63) is 76.0 Å². The Morgan fingerprint density at radius 1 is 1.03 bits per heavy atom. The lowest BCUT2D eigenvalue weighted by Gasteiger charge is -2.34. The summed E-state index contributed by atoms with van der Waals surface area (Å²) in [5.74, 6) is 1.91. The zero-order chi connectivity index (χ0) is 24.4. The molecule has 180 valence electrons. The van der Waals surface area contributed by atoms with E-state index in [1.165, 1.54) is 29.6 Å². The van der Waals surface area contributed by atoms with E-state index in [2.05, 4.69) is 61.5 Å². The number of nitro benzene ring substituents is 1. The van der Waals surface area contributed by atoms with E-state index in [1.54, 1.807) is 16.6 Å². The lowest BCUT2D eigenvalue weighted by molar-refractivity contribution is -0.384. The van der Waals surface area contributed by atoms with Gasteiger partial charge in [0.05, 0.1) is 4.92 Å². The molecule has 0 saturated carbocycles. The van der Waals surface area contributed by atoms with Crippen LogP contribution in [0.15, 0.2) is 59.8 Å². The SMILES string of the molecule is Cc1cc(Nc2ccc(N3CCN(C)CC3)cc2)n2nc(SCc3ccc([N+](=O)[O-])cc3)nc2n1. The molecule has 0 radical (unpaired) electrons. The van der Waals surface area contributed by atoms with Crippen molar-refractivity contribution in [2.45, 2.75) is 17.8 Å². The van der Waals surface area contributed by atoms with E-state index in [0.29, 0.717) is 16.7 Å². The van der Waals surface area contributed by atoms with E-state index in [-0.39, 0.29) is 5.69 Å². The molecule has 11 heteroatoms. The molecule has 3 heterocycles. The van der Waals surface area contributed by atoms with Crippen LogP contribution in [-0.2, 0) is 5.75 Å². The number of anilines is 3. The number of non-ortho nitro benzene ring substituents is 1. The molecule has 10 nitrogen and oxygen atoms in total. The first-order valence-electron chi connectivity index (χ1n) is 11.4. The third-order valence-electron chi connectivity index (χ3n) is 5.94. The van der Waals surface area contributed by atoms with Gasteiger partial charge in [0.15, 0.2) is 0 Å². The number of thioether (sulfide) groups is 1. The van der Waals surface area contributed by atoms with E-state index in [9.17, 15) is 10.1 Å². The number of nitrogens with one attached hydrogen (secondary N) is 1. The summed E-state index contributed by atoms with van der Waals surface area (Å²) in [5.41, 5.74) is 4.07. The molecule has 0 atom stereocenters. The van der Waals surface area contributed by atoms with E-state index in [0.717, 1.165) is 48.9 Å². The highest BCUT2D eigenvalue weighted by molar-refractivity contribution is 7.98. The predicted molar refractivity (Wildman–Crippen MR) is 138 cm³/mol. The number of rotatable bonds is 7. The lowest BCUT2D eigenvalue weighted by Crippen LogP contribution is -2.44. The summed E-state index contributed by atoms with van der Waals surface area (Å²) >= 11 is 1.46. The van der Waals surface area contributed by atoms with Crippen LogP contribution in [-0.4, -0.2) is 62.6 Å². The van der Waals surface area contributed by atoms with Gasteiger partial charge in [-0.3, -0.25) is 10.1 Å². The summed E-state index contributed by atoms with van der Waals surface area (Å²) in [4.78, 5) is 24.3. The van der Waals surface area contributed by atoms with Crippen LogP contribution in [0.4, 0.5) is 22.9 Å². The molecule has 1 aliphatic rings. The molecule has 2 aromatic heterocycles. The molecular formula is C24H26N8O2S. The van der Waals surface area contributed by atoms with E-state index in [4.69, 9.17) is 0 Å². The second kappa shape index (κ2) is 9.88. The number of aryl methyl sites for hydroxylation is 1. The number of nitro groups is 1. The fourth-order valence-corrected chi connectivity index (χ4v) is 4.72. The van der Waals surface area contributed by atoms with Crippen molar-refractivity contribution in [1.29, 1.82) is 0 Å². The van der Waals surface area contributed by atoms with Crippen molar-refractivity contribution in [2.24, 2.45) is 0 Å². The molecule has 2 aromatic carbocycles. The second-order valence-corrected chi connectivity index (χ2v) is 9.51. The maximum atomic E-state index is 10.8. The van der Waals surface area contributed by atoms with Crippen LogP contribution in [0.2, 0.25) is 0 Å². The fraction of sp³-hybridized carbons (Fsp3) is 0.292. The largest absolute Gasteiger partial charge is 0.369 e. The van der Waals surface area contributed by atoms with Crippen LogP contribution in [0.25, 0.3) is 5.78 Å². The van der Waals surface area contributed by atoms with E-state index < -0.39 is 4.92 Å². The van der Waals surface area contributed by atoms with E-state index >= 15 is 0 Å². The number of nitrogens with zero attached hydrogens (tertiary/aromatic N) is 7. The third kappa shape index (κ3) is 5.36. The number of hydrogen-bond acceptors (Lipinski definition) is 9. The summed E-state index contributed by atoms with van der Waals surface area (Å²) in [5, 5.41) is 19.5. The molecule has 0 unspecified atom stereocenters. The Kier molecular flexibility index (Phi) is 6.51. The van der Waals surface area contributed by atoms with Gasteiger partial charge < -0.3 is 15.1 Å². The number of aromatic nitrogens is 4. The lowest BCUT2D eigenvalue weighted by atomic mass is 10.2. The summed E-state index contributed by atoms with van der Waals surface area (Å²) < 4.78 is 1.71. The van der Waals surface area contributed by atoms with Crippen LogP contribution >= 0.6 is 11.8 Å². The first-order chi connectivity index (χ1) is 16.9. The molecule has 1 N–H and O–H groups in total. The maximum absolute atomic E-state index is 10.8. The van der Waals surface area contributed by atoms with Gasteiger partial charge in [-0.05, 0) is 43.8 Å². The van der Waals surface area contributed by atoms with Crippen LogP contribution in [0.1, 0.15) is 11.3 Å². The first kappa shape index (κ1) is 23.1. The van der Waals surface area contributed by atoms with Crippen molar-refractivity contribution in [3.8, 4) is 0 Å². The van der Waals surface area contributed by atoms with Gasteiger partial charge >= 0.3 is 0 Å². The zero-order valence-electron chi connectivity index (χ0n) is 19.6. The monoisotopic (exact) mass is 490 g/mol. The minimum Gasteiger partial charge on any atom is -0.369 e. The van der Waals surface area contributed by atoms with Gasteiger partial charge in [-0.1, -0.05) is 23.9 Å². The number of fused-ring (bicyclic) bond motifs is 1. The quantitative estimate of drug-likeness (QED) is 0.233. The minimum atomic E-state index is -0.400. The van der Waals surface area contributed by atoms with Gasteiger partial charge in [0, 0.05) is 67.2 Å². The van der Waals surface area contributed by atoms with Crippen molar-refractivity contribution < 1.29 is 4.92 Å². The number of benzene rings is 2. The smallest absolute Gasteiger partial charge is 0.269 e. The highest BCUT2D eigenvalue weighted by Gasteiger charge is 2.15. The van der Waals surface area contributed by atoms with Crippen LogP contribution in [0.3, 0.4) is 0 Å². The molecule has 1 fully saturated rings. The second-order valence-electron chi connectivity index (χ2n) is 8.56. The number of piperazine rings is 1. The summed E-state index contributed by atoms with van der Waals surface area (Å²) in [6.45, 7) is 6.15. The molecule has 0 aliphatic carbocycles. The van der Waals surface area contributed by atoms with Gasteiger partial charge in [-0.2, -0.15) is 9.50 Å². The Morgan fingerprint density at radius 3 is 2.43 bits per heavy atom. The summed E-state index contributed by atoms with van der Waals surface area (Å²) in [6.07, 6.45) is 0. The van der Waals surface area contributed by atoms with Crippen molar-refractivity contribution in [2.75, 3.05) is 43.4 Å². The van der Waals surface area contributed by atoms with Crippen LogP contribution in [0, 0.1) is 17.0 Å². The normalized spacial score (nSPS) is 14.4. The third-order valence-corrected chi connectivity index (χ3v) is 6.85. The summed E-state index contributed by atoms with van der Waals surface area (Å²) in [7, 11) is 2.16. The number of likely N-dealkylation sites (N-methyl/N-ethyl adjacent to an activating group) is 1. The molecule has 1 aliphatic heterocycles. The Labute approximate surface area is 207 Å². The van der Waals surface area contributed by atoms with Crippen LogP contribution < -0.4 is 10.2 Å². The zero-order valence-corrected chi connectivity index (χ0v) is 20.4. The van der Waals surface area contributed by atoms with Crippen LogP contribution in [0.5, 0.6) is 0 Å². The topological polar surface area (TPSA) is 105 Å². The molecule has 0 amide bonds. The van der Waals surface area contributed by atoms with Gasteiger partial charge in [0.1, 0.15) is 5.82 Å². The highest BCUT2D eigenvalue weighted by atomic mass is 32.2. The van der Waals surface area contributed by atoms with E-state index in [1.807, 2.05) is 13.0 Å². The molecule has 4 aromatic rings. The average Bonchev–Trinajstić information content (AvgIpc) is 3.27. The molecule has 0 spiro atoms. The maximum Gasteiger partial charge on any atom is 0.269 e. The van der Waals surface area contributed by atoms with Gasteiger partial charge in [-0.15, -0.1) is 5.10 Å². The fourth-order valence-electron chi connectivity index (χ4n) is 3.95.